The Hall–Kier alpha value is -2.56. The predicted octanol–water partition coefficient (Wildman–Crippen LogP) is 2.95. The molecule has 102 valence electrons. The number of phenols is 2. The summed E-state index contributed by atoms with van der Waals surface area (Å²) in [7, 11) is 0. The van der Waals surface area contributed by atoms with E-state index < -0.39 is 0 Å². The number of hydrogen-bond acceptors (Lipinski definition) is 4. The molecule has 1 aliphatic rings. The van der Waals surface area contributed by atoms with Crippen LogP contribution in [0, 0.1) is 0 Å². The molecule has 2 aromatic carbocycles. The lowest BCUT2D eigenvalue weighted by atomic mass is 9.88. The van der Waals surface area contributed by atoms with E-state index in [4.69, 9.17) is 4.74 Å². The van der Waals surface area contributed by atoms with Crippen molar-refractivity contribution in [2.45, 2.75) is 5.92 Å². The molecular formula is C15H12FNO3. The Labute approximate surface area is 114 Å². The second kappa shape index (κ2) is 4.85. The van der Waals surface area contributed by atoms with Gasteiger partial charge in [0, 0.05) is 11.6 Å². The fraction of sp³-hybridized carbons (Fsp3) is 0.133. The number of fused-ring (bicyclic) bond motifs is 1. The molecule has 0 fully saturated rings. The Morgan fingerprint density at radius 2 is 1.75 bits per heavy atom. The SMILES string of the molecule is Oc1ccc(C2COc3cc(O)ccc3/C2=N\F)cc1. The number of nitrogens with zero attached hydrogens (tertiary/aromatic N) is 1. The lowest BCUT2D eigenvalue weighted by Gasteiger charge is -2.26. The summed E-state index contributed by atoms with van der Waals surface area (Å²) in [4.78, 5) is 0. The summed E-state index contributed by atoms with van der Waals surface area (Å²) in [5.41, 5.74) is 1.59. The minimum atomic E-state index is -0.349. The summed E-state index contributed by atoms with van der Waals surface area (Å²) >= 11 is 0. The minimum absolute atomic E-state index is 0.0602. The Morgan fingerprint density at radius 3 is 2.45 bits per heavy atom. The summed E-state index contributed by atoms with van der Waals surface area (Å²) in [5.74, 6) is 0.272. The van der Waals surface area contributed by atoms with Gasteiger partial charge >= 0.3 is 0 Å². The van der Waals surface area contributed by atoms with Gasteiger partial charge in [0.15, 0.2) is 0 Å². The summed E-state index contributed by atoms with van der Waals surface area (Å²) < 4.78 is 18.7. The zero-order valence-electron chi connectivity index (χ0n) is 10.5. The summed E-state index contributed by atoms with van der Waals surface area (Å²) in [6, 6.07) is 11.0. The molecule has 0 amide bonds. The molecule has 1 atom stereocenters. The van der Waals surface area contributed by atoms with Gasteiger partial charge in [-0.2, -0.15) is 0 Å². The highest BCUT2D eigenvalue weighted by Gasteiger charge is 2.29. The van der Waals surface area contributed by atoms with Gasteiger partial charge in [0.25, 0.3) is 0 Å². The van der Waals surface area contributed by atoms with Crippen molar-refractivity contribution in [2.75, 3.05) is 6.61 Å². The molecule has 4 nitrogen and oxygen atoms in total. The van der Waals surface area contributed by atoms with Crippen LogP contribution in [-0.2, 0) is 0 Å². The Balaban J connectivity index is 2.03. The van der Waals surface area contributed by atoms with Crippen LogP contribution in [0.3, 0.4) is 0 Å². The van der Waals surface area contributed by atoms with Gasteiger partial charge in [-0.15, -0.1) is 0 Å². The van der Waals surface area contributed by atoms with Crippen molar-refractivity contribution in [3.63, 3.8) is 0 Å². The first-order valence-corrected chi connectivity index (χ1v) is 6.13. The highest BCUT2D eigenvalue weighted by Crippen LogP contribution is 2.35. The van der Waals surface area contributed by atoms with Crippen molar-refractivity contribution in [3.8, 4) is 17.2 Å². The fourth-order valence-corrected chi connectivity index (χ4v) is 2.35. The van der Waals surface area contributed by atoms with Crippen LogP contribution in [-0.4, -0.2) is 22.5 Å². The van der Waals surface area contributed by atoms with Crippen molar-refractivity contribution >= 4 is 5.71 Å². The van der Waals surface area contributed by atoms with E-state index >= 15 is 0 Å². The maximum Gasteiger partial charge on any atom is 0.132 e. The van der Waals surface area contributed by atoms with Gasteiger partial charge in [0.1, 0.15) is 23.9 Å². The van der Waals surface area contributed by atoms with Gasteiger partial charge in [-0.1, -0.05) is 21.8 Å². The van der Waals surface area contributed by atoms with Crippen LogP contribution in [0.5, 0.6) is 17.2 Å². The van der Waals surface area contributed by atoms with Crippen LogP contribution in [0.1, 0.15) is 17.0 Å². The number of ether oxygens (including phenoxy) is 1. The predicted molar refractivity (Wildman–Crippen MR) is 72.1 cm³/mol. The molecule has 0 bridgehead atoms. The van der Waals surface area contributed by atoms with Crippen LogP contribution in [0.2, 0.25) is 0 Å². The number of benzene rings is 2. The highest BCUT2D eigenvalue weighted by molar-refractivity contribution is 6.07. The first kappa shape index (κ1) is 12.5. The zero-order chi connectivity index (χ0) is 14.1. The van der Waals surface area contributed by atoms with E-state index in [0.29, 0.717) is 11.3 Å². The van der Waals surface area contributed by atoms with Crippen LogP contribution in [0.25, 0.3) is 0 Å². The molecular weight excluding hydrogens is 261 g/mol. The largest absolute Gasteiger partial charge is 0.508 e. The molecule has 1 unspecified atom stereocenters. The lowest BCUT2D eigenvalue weighted by molar-refractivity contribution is 0.298. The summed E-state index contributed by atoms with van der Waals surface area (Å²) in [6.45, 7) is 0.226. The molecule has 20 heavy (non-hydrogen) atoms. The quantitative estimate of drug-likeness (QED) is 0.839. The summed E-state index contributed by atoms with van der Waals surface area (Å²) in [5, 5.41) is 21.6. The number of hydrogen-bond donors (Lipinski definition) is 2. The maximum absolute atomic E-state index is 13.1. The fourth-order valence-electron chi connectivity index (χ4n) is 2.35. The van der Waals surface area contributed by atoms with E-state index in [-0.39, 0.29) is 29.7 Å². The van der Waals surface area contributed by atoms with E-state index in [2.05, 4.69) is 5.21 Å². The Kier molecular flexibility index (Phi) is 3.02. The van der Waals surface area contributed by atoms with Crippen molar-refractivity contribution in [1.29, 1.82) is 0 Å². The third-order valence-electron chi connectivity index (χ3n) is 3.36. The van der Waals surface area contributed by atoms with Gasteiger partial charge in [-0.3, -0.25) is 0 Å². The number of aromatic hydroxyl groups is 2. The van der Waals surface area contributed by atoms with E-state index in [1.54, 1.807) is 18.2 Å². The van der Waals surface area contributed by atoms with E-state index in [9.17, 15) is 14.7 Å². The van der Waals surface area contributed by atoms with Gasteiger partial charge in [0.05, 0.1) is 11.6 Å². The monoisotopic (exact) mass is 273 g/mol. The number of phenolic OH excluding ortho intramolecular Hbond substituents is 2. The van der Waals surface area contributed by atoms with Crippen LogP contribution >= 0.6 is 0 Å². The molecule has 5 heteroatoms. The molecule has 0 saturated carbocycles. The standard InChI is InChI=1S/C15H12FNO3/c16-17-15-12-6-5-11(19)7-14(12)20-8-13(15)9-1-3-10(18)4-2-9/h1-7,13,18-19H,8H2/b17-15+. The first-order valence-electron chi connectivity index (χ1n) is 6.13. The van der Waals surface area contributed by atoms with Gasteiger partial charge in [-0.25, -0.2) is 0 Å². The molecule has 2 aromatic rings. The Morgan fingerprint density at radius 1 is 1.05 bits per heavy atom. The smallest absolute Gasteiger partial charge is 0.132 e. The normalized spacial score (nSPS) is 19.4. The first-order chi connectivity index (χ1) is 9.69. The lowest BCUT2D eigenvalue weighted by Crippen LogP contribution is -2.26. The van der Waals surface area contributed by atoms with Crippen LogP contribution < -0.4 is 4.74 Å². The molecule has 0 saturated heterocycles. The third kappa shape index (κ3) is 2.07. The van der Waals surface area contributed by atoms with Gasteiger partial charge in [-0.05, 0) is 29.8 Å². The third-order valence-corrected chi connectivity index (χ3v) is 3.36. The molecule has 1 aliphatic heterocycles. The molecule has 0 aliphatic carbocycles. The summed E-state index contributed by atoms with van der Waals surface area (Å²) in [6.07, 6.45) is 0. The van der Waals surface area contributed by atoms with E-state index in [0.717, 1.165) is 5.56 Å². The molecule has 0 radical (unpaired) electrons. The molecule has 0 aromatic heterocycles. The van der Waals surface area contributed by atoms with Crippen molar-refractivity contribution in [2.24, 2.45) is 5.21 Å². The van der Waals surface area contributed by atoms with Crippen LogP contribution in [0.15, 0.2) is 47.7 Å². The Bertz CT molecular complexity index is 667. The molecule has 1 heterocycles. The number of rotatable bonds is 1. The average molecular weight is 273 g/mol. The second-order valence-corrected chi connectivity index (χ2v) is 4.61. The zero-order valence-corrected chi connectivity index (χ0v) is 10.5. The van der Waals surface area contributed by atoms with Crippen LogP contribution in [0.4, 0.5) is 4.48 Å². The van der Waals surface area contributed by atoms with Gasteiger partial charge in [0.2, 0.25) is 0 Å². The topological polar surface area (TPSA) is 62.0 Å². The van der Waals surface area contributed by atoms with Crippen molar-refractivity contribution in [1.82, 2.24) is 0 Å². The van der Waals surface area contributed by atoms with Crippen molar-refractivity contribution in [3.05, 3.63) is 53.6 Å². The van der Waals surface area contributed by atoms with E-state index in [1.165, 1.54) is 24.3 Å². The van der Waals surface area contributed by atoms with Gasteiger partial charge < -0.3 is 14.9 Å². The highest BCUT2D eigenvalue weighted by atomic mass is 19.2. The van der Waals surface area contributed by atoms with E-state index in [1.807, 2.05) is 0 Å². The minimum Gasteiger partial charge on any atom is -0.508 e. The second-order valence-electron chi connectivity index (χ2n) is 4.61. The molecule has 0 spiro atoms. The van der Waals surface area contributed by atoms with Crippen molar-refractivity contribution < 1.29 is 19.4 Å². The molecule has 2 N–H and O–H groups in total. The number of halogens is 1. The average Bonchev–Trinajstić information content (AvgIpc) is 2.46. The molecule has 3 rings (SSSR count). The maximum atomic E-state index is 13.1.